The molecule has 0 bridgehead atoms. The molecule has 0 saturated carbocycles. The van der Waals surface area contributed by atoms with Gasteiger partial charge in [-0.15, -0.1) is 0 Å². The monoisotopic (exact) mass is 175 g/mol. The molecule has 0 spiro atoms. The SMILES string of the molecule is C=C/C=C\C(/N=C\C(=C)C)=C(C)C. The van der Waals surface area contributed by atoms with Crippen molar-refractivity contribution >= 4 is 6.21 Å². The second-order valence-corrected chi connectivity index (χ2v) is 3.08. The van der Waals surface area contributed by atoms with Gasteiger partial charge < -0.3 is 0 Å². The third-order valence-corrected chi connectivity index (χ3v) is 1.33. The topological polar surface area (TPSA) is 12.4 Å². The highest BCUT2D eigenvalue weighted by Gasteiger charge is 1.89. The molecule has 1 nitrogen and oxygen atoms in total. The maximum Gasteiger partial charge on any atom is 0.0616 e. The summed E-state index contributed by atoms with van der Waals surface area (Å²) in [5.41, 5.74) is 3.09. The first-order valence-corrected chi connectivity index (χ1v) is 4.24. The van der Waals surface area contributed by atoms with Crippen molar-refractivity contribution in [2.24, 2.45) is 4.99 Å². The molecule has 0 radical (unpaired) electrons. The molecule has 70 valence electrons. The minimum Gasteiger partial charge on any atom is -0.257 e. The second-order valence-electron chi connectivity index (χ2n) is 3.08. The third kappa shape index (κ3) is 5.85. The van der Waals surface area contributed by atoms with Crippen LogP contribution in [0.25, 0.3) is 0 Å². The fraction of sp³-hybridized carbons (Fsp3) is 0.250. The van der Waals surface area contributed by atoms with Crippen LogP contribution in [0.2, 0.25) is 0 Å². The Balaban J connectivity index is 4.66. The van der Waals surface area contributed by atoms with E-state index in [4.69, 9.17) is 0 Å². The number of allylic oxidation sites excluding steroid dienone is 5. The molecule has 0 N–H and O–H groups in total. The molecule has 0 atom stereocenters. The second kappa shape index (κ2) is 6.18. The number of aliphatic imine (C=N–C) groups is 1. The van der Waals surface area contributed by atoms with E-state index in [9.17, 15) is 0 Å². The lowest BCUT2D eigenvalue weighted by atomic mass is 10.2. The van der Waals surface area contributed by atoms with Crippen LogP contribution < -0.4 is 0 Å². The fourth-order valence-electron chi connectivity index (χ4n) is 0.678. The van der Waals surface area contributed by atoms with Crippen LogP contribution >= 0.6 is 0 Å². The average Bonchev–Trinajstić information content (AvgIpc) is 2.03. The molecule has 0 heterocycles. The molecule has 0 aromatic rings. The van der Waals surface area contributed by atoms with Crippen LogP contribution in [-0.4, -0.2) is 6.21 Å². The third-order valence-electron chi connectivity index (χ3n) is 1.33. The van der Waals surface area contributed by atoms with Crippen molar-refractivity contribution in [3.05, 3.63) is 48.2 Å². The Morgan fingerprint density at radius 2 is 1.85 bits per heavy atom. The van der Waals surface area contributed by atoms with E-state index in [2.05, 4.69) is 18.2 Å². The molecule has 0 fully saturated rings. The van der Waals surface area contributed by atoms with E-state index in [-0.39, 0.29) is 0 Å². The summed E-state index contributed by atoms with van der Waals surface area (Å²) >= 11 is 0. The number of hydrogen-bond donors (Lipinski definition) is 0. The zero-order valence-electron chi connectivity index (χ0n) is 8.67. The summed E-state index contributed by atoms with van der Waals surface area (Å²) in [5, 5.41) is 0. The molecule has 0 rings (SSSR count). The molecular weight excluding hydrogens is 158 g/mol. The summed E-state index contributed by atoms with van der Waals surface area (Å²) in [6.07, 6.45) is 7.30. The summed E-state index contributed by atoms with van der Waals surface area (Å²) in [4.78, 5) is 4.28. The fourth-order valence-corrected chi connectivity index (χ4v) is 0.678. The molecule has 0 aromatic heterocycles. The van der Waals surface area contributed by atoms with Crippen molar-refractivity contribution in [2.75, 3.05) is 0 Å². The van der Waals surface area contributed by atoms with E-state index < -0.39 is 0 Å². The molecular formula is C12H17N. The molecule has 0 amide bonds. The van der Waals surface area contributed by atoms with Crippen molar-refractivity contribution < 1.29 is 0 Å². The van der Waals surface area contributed by atoms with Gasteiger partial charge >= 0.3 is 0 Å². The Bertz CT molecular complexity index is 273. The quantitative estimate of drug-likeness (QED) is 0.456. The van der Waals surface area contributed by atoms with Crippen LogP contribution in [-0.2, 0) is 0 Å². The van der Waals surface area contributed by atoms with Gasteiger partial charge in [-0.25, -0.2) is 0 Å². The zero-order chi connectivity index (χ0) is 10.3. The minimum absolute atomic E-state index is 0.950. The summed E-state index contributed by atoms with van der Waals surface area (Å²) in [6, 6.07) is 0. The van der Waals surface area contributed by atoms with Crippen LogP contribution in [0.15, 0.2) is 53.2 Å². The van der Waals surface area contributed by atoms with Gasteiger partial charge in [0.15, 0.2) is 0 Å². The van der Waals surface area contributed by atoms with Crippen LogP contribution in [0.5, 0.6) is 0 Å². The summed E-state index contributed by atoms with van der Waals surface area (Å²) < 4.78 is 0. The minimum atomic E-state index is 0.950. The van der Waals surface area contributed by atoms with Gasteiger partial charge in [0.1, 0.15) is 0 Å². The summed E-state index contributed by atoms with van der Waals surface area (Å²) in [5.74, 6) is 0. The smallest absolute Gasteiger partial charge is 0.0616 e. The Kier molecular flexibility index (Phi) is 5.53. The van der Waals surface area contributed by atoms with Crippen LogP contribution in [0.1, 0.15) is 20.8 Å². The molecule has 0 unspecified atom stereocenters. The Hall–Kier alpha value is -1.37. The van der Waals surface area contributed by atoms with Crippen LogP contribution in [0.3, 0.4) is 0 Å². The zero-order valence-corrected chi connectivity index (χ0v) is 8.67. The molecule has 0 aliphatic carbocycles. The van der Waals surface area contributed by atoms with Gasteiger partial charge in [0, 0.05) is 6.21 Å². The molecule has 0 saturated heterocycles. The Morgan fingerprint density at radius 1 is 1.23 bits per heavy atom. The normalized spacial score (nSPS) is 10.7. The lowest BCUT2D eigenvalue weighted by Gasteiger charge is -1.96. The predicted octanol–water partition coefficient (Wildman–Crippen LogP) is 3.67. The van der Waals surface area contributed by atoms with E-state index in [1.54, 1.807) is 12.3 Å². The van der Waals surface area contributed by atoms with E-state index in [1.807, 2.05) is 32.9 Å². The highest BCUT2D eigenvalue weighted by molar-refractivity contribution is 5.77. The van der Waals surface area contributed by atoms with Crippen LogP contribution in [0, 0.1) is 0 Å². The Morgan fingerprint density at radius 3 is 2.23 bits per heavy atom. The van der Waals surface area contributed by atoms with Crippen molar-refractivity contribution in [1.29, 1.82) is 0 Å². The predicted molar refractivity (Wildman–Crippen MR) is 61.0 cm³/mol. The van der Waals surface area contributed by atoms with Gasteiger partial charge in [0.05, 0.1) is 5.70 Å². The first kappa shape index (κ1) is 11.6. The largest absolute Gasteiger partial charge is 0.257 e. The molecule has 13 heavy (non-hydrogen) atoms. The van der Waals surface area contributed by atoms with E-state index in [0.717, 1.165) is 11.3 Å². The van der Waals surface area contributed by atoms with Gasteiger partial charge in [-0.2, -0.15) is 0 Å². The van der Waals surface area contributed by atoms with Crippen molar-refractivity contribution in [2.45, 2.75) is 20.8 Å². The number of nitrogens with zero attached hydrogens (tertiary/aromatic N) is 1. The molecule has 0 aliphatic heterocycles. The van der Waals surface area contributed by atoms with Gasteiger partial charge in [0.25, 0.3) is 0 Å². The van der Waals surface area contributed by atoms with Crippen molar-refractivity contribution in [3.8, 4) is 0 Å². The van der Waals surface area contributed by atoms with Crippen molar-refractivity contribution in [1.82, 2.24) is 0 Å². The summed E-state index contributed by atoms with van der Waals surface area (Å²) in [6.45, 7) is 13.3. The number of rotatable bonds is 4. The van der Waals surface area contributed by atoms with Gasteiger partial charge in [-0.05, 0) is 32.4 Å². The van der Waals surface area contributed by atoms with Crippen molar-refractivity contribution in [3.63, 3.8) is 0 Å². The molecule has 0 aromatic carbocycles. The molecule has 1 heteroatoms. The van der Waals surface area contributed by atoms with E-state index >= 15 is 0 Å². The highest BCUT2D eigenvalue weighted by Crippen LogP contribution is 2.06. The number of hydrogen-bond acceptors (Lipinski definition) is 1. The highest BCUT2D eigenvalue weighted by atomic mass is 14.7. The standard InChI is InChI=1S/C12H17N/c1-6-7-8-12(11(4)5)13-9-10(2)3/h6-9H,1-2H2,3-5H3/b8-7-,13-9-. The van der Waals surface area contributed by atoms with E-state index in [1.165, 1.54) is 5.57 Å². The lowest BCUT2D eigenvalue weighted by molar-refractivity contribution is 1.25. The van der Waals surface area contributed by atoms with Gasteiger partial charge in [-0.1, -0.05) is 30.9 Å². The van der Waals surface area contributed by atoms with E-state index in [0.29, 0.717) is 0 Å². The molecule has 0 aliphatic rings. The van der Waals surface area contributed by atoms with Crippen LogP contribution in [0.4, 0.5) is 0 Å². The average molecular weight is 175 g/mol. The first-order valence-electron chi connectivity index (χ1n) is 4.24. The Labute approximate surface area is 80.9 Å². The van der Waals surface area contributed by atoms with Gasteiger partial charge in [-0.3, -0.25) is 4.99 Å². The maximum absolute atomic E-state index is 4.28. The first-order chi connectivity index (χ1) is 6.07. The van der Waals surface area contributed by atoms with Gasteiger partial charge in [0.2, 0.25) is 0 Å². The maximum atomic E-state index is 4.28. The summed E-state index contributed by atoms with van der Waals surface area (Å²) in [7, 11) is 0. The lowest BCUT2D eigenvalue weighted by Crippen LogP contribution is -1.80.